The molecule has 2 nitrogen and oxygen atoms in total. The molecule has 10 heavy (non-hydrogen) atoms. The van der Waals surface area contributed by atoms with Crippen LogP contribution in [-0.4, -0.2) is 18.3 Å². The first kappa shape index (κ1) is 10.1. The Labute approximate surface area is 66.6 Å². The molecule has 0 aromatic rings. The van der Waals surface area contributed by atoms with Crippen molar-refractivity contribution in [1.29, 1.82) is 0 Å². The van der Waals surface area contributed by atoms with Gasteiger partial charge in [0.1, 0.15) is 6.17 Å². The van der Waals surface area contributed by atoms with E-state index in [1.54, 1.807) is 0 Å². The van der Waals surface area contributed by atoms with E-state index in [9.17, 15) is 4.39 Å². The van der Waals surface area contributed by atoms with E-state index in [1.807, 2.05) is 0 Å². The second-order valence-corrected chi connectivity index (χ2v) is 2.69. The number of alkyl halides is 1. The molecule has 0 spiro atoms. The van der Waals surface area contributed by atoms with E-state index in [-0.39, 0.29) is 18.4 Å². The van der Waals surface area contributed by atoms with Crippen molar-refractivity contribution >= 4 is 12.4 Å². The van der Waals surface area contributed by atoms with Gasteiger partial charge in [-0.15, -0.1) is 12.4 Å². The molecular formula is C6H14ClFN2. The molecule has 4 N–H and O–H groups in total. The van der Waals surface area contributed by atoms with Crippen LogP contribution in [0.2, 0.25) is 0 Å². The Morgan fingerprint density at radius 3 is 2.20 bits per heavy atom. The number of nitrogens with two attached hydrogens (primary N) is 2. The highest BCUT2D eigenvalue weighted by Crippen LogP contribution is 2.18. The molecule has 0 amide bonds. The molecule has 3 atom stereocenters. The van der Waals surface area contributed by atoms with Gasteiger partial charge in [-0.3, -0.25) is 0 Å². The lowest BCUT2D eigenvalue weighted by Crippen LogP contribution is -2.50. The molecule has 62 valence electrons. The van der Waals surface area contributed by atoms with Crippen LogP contribution >= 0.6 is 12.4 Å². The van der Waals surface area contributed by atoms with Crippen LogP contribution in [0.3, 0.4) is 0 Å². The Morgan fingerprint density at radius 2 is 1.80 bits per heavy atom. The maximum Gasteiger partial charge on any atom is 0.117 e. The molecule has 0 aromatic heterocycles. The number of rotatable bonds is 0. The summed E-state index contributed by atoms with van der Waals surface area (Å²) in [7, 11) is 0. The van der Waals surface area contributed by atoms with Gasteiger partial charge in [-0.05, 0) is 19.3 Å². The Hall–Kier alpha value is 0.140. The first-order valence-electron chi connectivity index (χ1n) is 3.37. The standard InChI is InChI=1S/C6H13FN2.ClH/c7-4-2-1-3-5(8)6(4)9;/h4-6H,1-3,8-9H2;1H. The van der Waals surface area contributed by atoms with Gasteiger partial charge in [-0.1, -0.05) is 0 Å². The summed E-state index contributed by atoms with van der Waals surface area (Å²) in [6.07, 6.45) is 1.49. The molecule has 1 aliphatic rings. The molecule has 0 saturated heterocycles. The van der Waals surface area contributed by atoms with Gasteiger partial charge in [0.2, 0.25) is 0 Å². The van der Waals surface area contributed by atoms with Gasteiger partial charge in [0.15, 0.2) is 0 Å². The van der Waals surface area contributed by atoms with Crippen LogP contribution < -0.4 is 11.5 Å². The lowest BCUT2D eigenvalue weighted by Gasteiger charge is -2.28. The SMILES string of the molecule is Cl.NC1CCCC(F)C1N. The average molecular weight is 169 g/mol. The number of halogens is 2. The van der Waals surface area contributed by atoms with Gasteiger partial charge in [-0.2, -0.15) is 0 Å². The third-order valence-electron chi connectivity index (χ3n) is 1.93. The topological polar surface area (TPSA) is 52.0 Å². The number of hydrogen-bond acceptors (Lipinski definition) is 2. The molecule has 0 aromatic carbocycles. The monoisotopic (exact) mass is 168 g/mol. The molecule has 1 aliphatic carbocycles. The second-order valence-electron chi connectivity index (χ2n) is 2.69. The predicted octanol–water partition coefficient (Wildman–Crippen LogP) is 0.585. The summed E-state index contributed by atoms with van der Waals surface area (Å²) in [5, 5.41) is 0. The Kier molecular flexibility index (Phi) is 4.17. The third-order valence-corrected chi connectivity index (χ3v) is 1.93. The fourth-order valence-corrected chi connectivity index (χ4v) is 1.20. The van der Waals surface area contributed by atoms with Gasteiger partial charge < -0.3 is 11.5 Å². The van der Waals surface area contributed by atoms with E-state index in [0.29, 0.717) is 6.42 Å². The zero-order valence-electron chi connectivity index (χ0n) is 5.79. The minimum atomic E-state index is -0.867. The van der Waals surface area contributed by atoms with Gasteiger partial charge >= 0.3 is 0 Å². The normalized spacial score (nSPS) is 40.5. The fourth-order valence-electron chi connectivity index (χ4n) is 1.20. The Bertz CT molecular complexity index is 91.7. The molecule has 0 heterocycles. The van der Waals surface area contributed by atoms with Crippen molar-refractivity contribution in [3.63, 3.8) is 0 Å². The first-order chi connectivity index (χ1) is 4.22. The molecule has 4 heteroatoms. The van der Waals surface area contributed by atoms with Gasteiger partial charge in [0.25, 0.3) is 0 Å². The minimum absolute atomic E-state index is 0. The highest BCUT2D eigenvalue weighted by Gasteiger charge is 2.27. The van der Waals surface area contributed by atoms with Crippen LogP contribution in [0, 0.1) is 0 Å². The molecule has 0 radical (unpaired) electrons. The van der Waals surface area contributed by atoms with Gasteiger partial charge in [-0.25, -0.2) is 4.39 Å². The third kappa shape index (κ3) is 2.08. The fraction of sp³-hybridized carbons (Fsp3) is 1.00. The van der Waals surface area contributed by atoms with Crippen LogP contribution in [0.15, 0.2) is 0 Å². The van der Waals surface area contributed by atoms with E-state index in [1.165, 1.54) is 0 Å². The molecule has 0 bridgehead atoms. The Morgan fingerprint density at radius 1 is 1.20 bits per heavy atom. The van der Waals surface area contributed by atoms with Crippen molar-refractivity contribution in [1.82, 2.24) is 0 Å². The zero-order valence-corrected chi connectivity index (χ0v) is 6.61. The van der Waals surface area contributed by atoms with Crippen LogP contribution in [0.25, 0.3) is 0 Å². The lowest BCUT2D eigenvalue weighted by atomic mass is 9.90. The summed E-state index contributed by atoms with van der Waals surface area (Å²) in [6.45, 7) is 0. The summed E-state index contributed by atoms with van der Waals surface area (Å²) >= 11 is 0. The Balaban J connectivity index is 0.000000810. The zero-order chi connectivity index (χ0) is 6.85. The molecule has 1 fully saturated rings. The van der Waals surface area contributed by atoms with Crippen molar-refractivity contribution in [3.8, 4) is 0 Å². The van der Waals surface area contributed by atoms with E-state index in [0.717, 1.165) is 12.8 Å². The largest absolute Gasteiger partial charge is 0.326 e. The predicted molar refractivity (Wildman–Crippen MR) is 41.9 cm³/mol. The number of hydrogen-bond donors (Lipinski definition) is 2. The highest BCUT2D eigenvalue weighted by atomic mass is 35.5. The lowest BCUT2D eigenvalue weighted by molar-refractivity contribution is 0.198. The van der Waals surface area contributed by atoms with E-state index in [4.69, 9.17) is 11.5 Å². The van der Waals surface area contributed by atoms with E-state index in [2.05, 4.69) is 0 Å². The van der Waals surface area contributed by atoms with Crippen molar-refractivity contribution in [2.24, 2.45) is 11.5 Å². The molecule has 1 rings (SSSR count). The van der Waals surface area contributed by atoms with E-state index < -0.39 is 12.2 Å². The van der Waals surface area contributed by atoms with Crippen LogP contribution in [-0.2, 0) is 0 Å². The summed E-state index contributed by atoms with van der Waals surface area (Å²) in [6, 6.07) is -0.535. The molecule has 0 aliphatic heterocycles. The summed E-state index contributed by atoms with van der Waals surface area (Å²) < 4.78 is 12.6. The first-order valence-corrected chi connectivity index (χ1v) is 3.37. The summed E-state index contributed by atoms with van der Waals surface area (Å²) in [4.78, 5) is 0. The quantitative estimate of drug-likeness (QED) is 0.556. The smallest absolute Gasteiger partial charge is 0.117 e. The van der Waals surface area contributed by atoms with Crippen LogP contribution in [0.1, 0.15) is 19.3 Å². The minimum Gasteiger partial charge on any atom is -0.326 e. The maximum atomic E-state index is 12.6. The maximum absolute atomic E-state index is 12.6. The molecule has 3 unspecified atom stereocenters. The van der Waals surface area contributed by atoms with Gasteiger partial charge in [0.05, 0.1) is 6.04 Å². The van der Waals surface area contributed by atoms with Crippen LogP contribution in [0.5, 0.6) is 0 Å². The van der Waals surface area contributed by atoms with Crippen LogP contribution in [0.4, 0.5) is 4.39 Å². The molecular weight excluding hydrogens is 155 g/mol. The van der Waals surface area contributed by atoms with Crippen molar-refractivity contribution < 1.29 is 4.39 Å². The average Bonchev–Trinajstić information content (AvgIpc) is 1.83. The summed E-state index contributed by atoms with van der Waals surface area (Å²) in [5.74, 6) is 0. The van der Waals surface area contributed by atoms with Gasteiger partial charge in [0, 0.05) is 6.04 Å². The van der Waals surface area contributed by atoms with E-state index >= 15 is 0 Å². The van der Waals surface area contributed by atoms with Crippen molar-refractivity contribution in [2.45, 2.75) is 37.5 Å². The van der Waals surface area contributed by atoms with Crippen molar-refractivity contribution in [2.75, 3.05) is 0 Å². The molecule has 1 saturated carbocycles. The van der Waals surface area contributed by atoms with Crippen molar-refractivity contribution in [3.05, 3.63) is 0 Å². The summed E-state index contributed by atoms with van der Waals surface area (Å²) in [5.41, 5.74) is 10.9. The second kappa shape index (κ2) is 4.11. The highest BCUT2D eigenvalue weighted by molar-refractivity contribution is 5.85.